The third-order valence-corrected chi connectivity index (χ3v) is 4.80. The number of aromatic hydroxyl groups is 2. The SMILES string of the molecule is CCOC(=O)n1c(-c2ccc(OC(=O)c3cccnc3)c(O)c2)cc(=O)c2ccc(O)cc21. The van der Waals surface area contributed by atoms with Gasteiger partial charge in [0.05, 0.1) is 23.4 Å². The number of pyridine rings is 2. The number of benzene rings is 2. The number of hydrogen-bond donors (Lipinski definition) is 2. The summed E-state index contributed by atoms with van der Waals surface area (Å²) in [5, 5.41) is 20.6. The summed E-state index contributed by atoms with van der Waals surface area (Å²) in [4.78, 5) is 41.5. The lowest BCUT2D eigenvalue weighted by Gasteiger charge is -2.16. The van der Waals surface area contributed by atoms with Crippen molar-refractivity contribution in [1.29, 1.82) is 0 Å². The van der Waals surface area contributed by atoms with E-state index in [0.29, 0.717) is 0 Å². The van der Waals surface area contributed by atoms with Crippen molar-refractivity contribution in [3.63, 3.8) is 0 Å². The molecule has 0 spiro atoms. The van der Waals surface area contributed by atoms with Crippen molar-refractivity contribution in [1.82, 2.24) is 9.55 Å². The number of fused-ring (bicyclic) bond motifs is 1. The Morgan fingerprint density at radius 2 is 1.88 bits per heavy atom. The second-order valence-electron chi connectivity index (χ2n) is 6.94. The number of carbonyl (C=O) groups is 2. The van der Waals surface area contributed by atoms with Crippen molar-refractivity contribution >= 4 is 23.0 Å². The molecule has 0 aliphatic heterocycles. The fourth-order valence-corrected chi connectivity index (χ4v) is 3.31. The molecular weight excluding hydrogens is 428 g/mol. The van der Waals surface area contributed by atoms with E-state index in [0.717, 1.165) is 4.57 Å². The van der Waals surface area contributed by atoms with Gasteiger partial charge < -0.3 is 19.7 Å². The highest BCUT2D eigenvalue weighted by atomic mass is 16.5. The second-order valence-corrected chi connectivity index (χ2v) is 6.94. The number of rotatable bonds is 4. The van der Waals surface area contributed by atoms with Crippen LogP contribution in [0.15, 0.2) is 71.8 Å². The molecule has 0 atom stereocenters. The number of nitrogens with zero attached hydrogens (tertiary/aromatic N) is 2. The van der Waals surface area contributed by atoms with Crippen LogP contribution in [0.3, 0.4) is 0 Å². The van der Waals surface area contributed by atoms with E-state index in [-0.39, 0.29) is 51.6 Å². The van der Waals surface area contributed by atoms with E-state index < -0.39 is 17.5 Å². The van der Waals surface area contributed by atoms with E-state index in [4.69, 9.17) is 9.47 Å². The molecule has 2 N–H and O–H groups in total. The maximum Gasteiger partial charge on any atom is 0.418 e. The van der Waals surface area contributed by atoms with Gasteiger partial charge in [-0.2, -0.15) is 0 Å². The van der Waals surface area contributed by atoms with Gasteiger partial charge in [0, 0.05) is 35.5 Å². The van der Waals surface area contributed by atoms with Crippen LogP contribution in [0.25, 0.3) is 22.2 Å². The van der Waals surface area contributed by atoms with Gasteiger partial charge in [-0.25, -0.2) is 14.2 Å². The Kier molecular flexibility index (Phi) is 5.77. The fraction of sp³-hybridized carbons (Fsp3) is 0.0833. The average molecular weight is 446 g/mol. The molecule has 0 bridgehead atoms. The molecule has 4 aromatic rings. The molecule has 166 valence electrons. The molecule has 0 saturated carbocycles. The second kappa shape index (κ2) is 8.83. The van der Waals surface area contributed by atoms with Crippen molar-refractivity contribution in [2.45, 2.75) is 6.92 Å². The molecule has 9 heteroatoms. The van der Waals surface area contributed by atoms with E-state index >= 15 is 0 Å². The lowest BCUT2D eigenvalue weighted by Crippen LogP contribution is -2.20. The number of ether oxygens (including phenoxy) is 2. The molecular formula is C24H18N2O7. The molecule has 0 aliphatic rings. The van der Waals surface area contributed by atoms with E-state index in [1.807, 2.05) is 0 Å². The predicted molar refractivity (Wildman–Crippen MR) is 119 cm³/mol. The Bertz CT molecular complexity index is 1430. The first-order chi connectivity index (χ1) is 15.9. The minimum Gasteiger partial charge on any atom is -0.508 e. The largest absolute Gasteiger partial charge is 0.508 e. The van der Waals surface area contributed by atoms with Crippen LogP contribution in [0, 0.1) is 0 Å². The number of phenolic OH excluding ortho intramolecular Hbond substituents is 2. The maximum atomic E-state index is 12.7. The molecule has 0 amide bonds. The summed E-state index contributed by atoms with van der Waals surface area (Å²) in [5.41, 5.74) is 0.349. The first kappa shape index (κ1) is 21.6. The summed E-state index contributed by atoms with van der Waals surface area (Å²) < 4.78 is 11.5. The number of phenols is 2. The molecule has 0 radical (unpaired) electrons. The molecule has 2 heterocycles. The summed E-state index contributed by atoms with van der Waals surface area (Å²) in [6, 6.07) is 12.4. The van der Waals surface area contributed by atoms with Crippen LogP contribution in [0.5, 0.6) is 17.2 Å². The zero-order valence-corrected chi connectivity index (χ0v) is 17.4. The molecule has 0 aliphatic carbocycles. The predicted octanol–water partition coefficient (Wildman–Crippen LogP) is 3.70. The number of esters is 1. The summed E-state index contributed by atoms with van der Waals surface area (Å²) in [5.74, 6) is -1.35. The van der Waals surface area contributed by atoms with Crippen LogP contribution in [0.1, 0.15) is 17.3 Å². The fourth-order valence-electron chi connectivity index (χ4n) is 3.31. The van der Waals surface area contributed by atoms with Crippen molar-refractivity contribution in [3.05, 3.63) is 82.8 Å². The zero-order valence-electron chi connectivity index (χ0n) is 17.4. The Morgan fingerprint density at radius 3 is 2.58 bits per heavy atom. The monoisotopic (exact) mass is 446 g/mol. The van der Waals surface area contributed by atoms with Crippen LogP contribution >= 0.6 is 0 Å². The highest BCUT2D eigenvalue weighted by Crippen LogP contribution is 2.33. The standard InChI is InChI=1S/C24H18N2O7/c1-2-32-24(31)26-18(12-20(28)17-7-6-16(27)11-19(17)26)14-5-8-22(21(29)10-14)33-23(30)15-4-3-9-25-13-15/h3-13,27,29H,2H2,1H3. The number of carbonyl (C=O) groups excluding carboxylic acids is 2. The summed E-state index contributed by atoms with van der Waals surface area (Å²) in [6.45, 7) is 1.72. The molecule has 0 fully saturated rings. The van der Waals surface area contributed by atoms with Gasteiger partial charge in [-0.1, -0.05) is 0 Å². The van der Waals surface area contributed by atoms with E-state index in [9.17, 15) is 24.6 Å². The Labute approximate surface area is 187 Å². The lowest BCUT2D eigenvalue weighted by molar-refractivity contribution is 0.0729. The van der Waals surface area contributed by atoms with Gasteiger partial charge in [-0.05, 0) is 49.4 Å². The van der Waals surface area contributed by atoms with Gasteiger partial charge in [0.25, 0.3) is 0 Å². The van der Waals surface area contributed by atoms with Crippen molar-refractivity contribution in [2.75, 3.05) is 6.61 Å². The van der Waals surface area contributed by atoms with Crippen LogP contribution in [-0.2, 0) is 4.74 Å². The minimum atomic E-state index is -0.769. The molecule has 33 heavy (non-hydrogen) atoms. The maximum absolute atomic E-state index is 12.7. The van der Waals surface area contributed by atoms with Crippen molar-refractivity contribution in [2.24, 2.45) is 0 Å². The van der Waals surface area contributed by atoms with Gasteiger partial charge in [0.2, 0.25) is 0 Å². The van der Waals surface area contributed by atoms with E-state index in [2.05, 4.69) is 4.98 Å². The van der Waals surface area contributed by atoms with E-state index in [1.165, 1.54) is 60.9 Å². The molecule has 2 aromatic heterocycles. The Balaban J connectivity index is 1.81. The third kappa shape index (κ3) is 4.24. The normalized spacial score (nSPS) is 10.7. The molecule has 0 unspecified atom stereocenters. The molecule has 0 saturated heterocycles. The molecule has 9 nitrogen and oxygen atoms in total. The Hall–Kier alpha value is -4.66. The number of aromatic nitrogens is 2. The number of hydrogen-bond acceptors (Lipinski definition) is 8. The summed E-state index contributed by atoms with van der Waals surface area (Å²) in [7, 11) is 0. The Morgan fingerprint density at radius 1 is 1.06 bits per heavy atom. The van der Waals surface area contributed by atoms with Gasteiger partial charge >= 0.3 is 12.1 Å². The third-order valence-electron chi connectivity index (χ3n) is 4.80. The van der Waals surface area contributed by atoms with Crippen molar-refractivity contribution < 1.29 is 29.3 Å². The topological polar surface area (TPSA) is 128 Å². The molecule has 4 rings (SSSR count). The van der Waals surface area contributed by atoms with Gasteiger partial charge in [-0.3, -0.25) is 9.78 Å². The smallest absolute Gasteiger partial charge is 0.418 e. The van der Waals surface area contributed by atoms with Crippen LogP contribution < -0.4 is 10.2 Å². The first-order valence-corrected chi connectivity index (χ1v) is 9.90. The zero-order chi connectivity index (χ0) is 23.5. The summed E-state index contributed by atoms with van der Waals surface area (Å²) >= 11 is 0. The van der Waals surface area contributed by atoms with Crippen molar-refractivity contribution in [3.8, 4) is 28.5 Å². The van der Waals surface area contributed by atoms with Crippen LogP contribution in [-0.4, -0.2) is 38.4 Å². The van der Waals surface area contributed by atoms with Gasteiger partial charge in [-0.15, -0.1) is 0 Å². The quantitative estimate of drug-likeness (QED) is 0.359. The first-order valence-electron chi connectivity index (χ1n) is 9.90. The van der Waals surface area contributed by atoms with E-state index in [1.54, 1.807) is 13.0 Å². The average Bonchev–Trinajstić information content (AvgIpc) is 2.80. The highest BCUT2D eigenvalue weighted by Gasteiger charge is 2.20. The van der Waals surface area contributed by atoms with Gasteiger partial charge in [0.15, 0.2) is 16.9 Å². The summed E-state index contributed by atoms with van der Waals surface area (Å²) in [6.07, 6.45) is 2.07. The van der Waals surface area contributed by atoms with Crippen LogP contribution in [0.4, 0.5) is 4.79 Å². The minimum absolute atomic E-state index is 0.0825. The molecule has 2 aromatic carbocycles. The lowest BCUT2D eigenvalue weighted by atomic mass is 10.1. The van der Waals surface area contributed by atoms with Gasteiger partial charge in [0.1, 0.15) is 5.75 Å². The highest BCUT2D eigenvalue weighted by molar-refractivity contribution is 5.94. The van der Waals surface area contributed by atoms with Crippen LogP contribution in [0.2, 0.25) is 0 Å².